The molecule has 322 valence electrons. The predicted octanol–water partition coefficient (Wildman–Crippen LogP) is 13.4. The SMILES string of the molecule is C=C/C=C\C=C(/N)c1cc(CC(C)(CC)CC2(c3ccc(B(c4c(C)cc(C)cc4C)c4c(C)cc(C)cc4C)cc3)CC(C)CC(C)C2)cc(C(=N)C/C=C\C=C)c1.CC. The Labute approximate surface area is 372 Å². The van der Waals surface area contributed by atoms with Gasteiger partial charge in [-0.15, -0.1) is 0 Å². The summed E-state index contributed by atoms with van der Waals surface area (Å²) in [5.74, 6) is 1.30. The third-order valence-electron chi connectivity index (χ3n) is 13.2. The highest BCUT2D eigenvalue weighted by atomic mass is 14.6. The minimum absolute atomic E-state index is 0.0201. The van der Waals surface area contributed by atoms with Crippen molar-refractivity contribution in [3.05, 3.63) is 178 Å². The Balaban J connectivity index is 0.00000403. The van der Waals surface area contributed by atoms with E-state index in [9.17, 15) is 0 Å². The van der Waals surface area contributed by atoms with Gasteiger partial charge in [-0.2, -0.15) is 0 Å². The van der Waals surface area contributed by atoms with E-state index in [0.717, 1.165) is 30.4 Å². The Morgan fingerprint density at radius 2 is 1.28 bits per heavy atom. The fourth-order valence-corrected chi connectivity index (χ4v) is 11.0. The molecule has 0 saturated heterocycles. The maximum Gasteiger partial charge on any atom is 0.242 e. The first-order chi connectivity index (χ1) is 29.0. The van der Waals surface area contributed by atoms with Crippen LogP contribution in [0.4, 0.5) is 0 Å². The number of aryl methyl sites for hydroxylation is 6. The summed E-state index contributed by atoms with van der Waals surface area (Å²) in [5, 5.41) is 9.03. The summed E-state index contributed by atoms with van der Waals surface area (Å²) < 4.78 is 0. The summed E-state index contributed by atoms with van der Waals surface area (Å²) in [4.78, 5) is 0. The van der Waals surface area contributed by atoms with E-state index in [1.807, 2.05) is 44.2 Å². The topological polar surface area (TPSA) is 49.9 Å². The van der Waals surface area contributed by atoms with Gasteiger partial charge in [0.05, 0.1) is 0 Å². The highest BCUT2D eigenvalue weighted by Gasteiger charge is 2.44. The first-order valence-corrected chi connectivity index (χ1v) is 23.0. The molecule has 61 heavy (non-hydrogen) atoms. The zero-order chi connectivity index (χ0) is 45.1. The molecule has 0 bridgehead atoms. The van der Waals surface area contributed by atoms with Crippen molar-refractivity contribution in [2.24, 2.45) is 23.0 Å². The molecule has 0 amide bonds. The Morgan fingerprint density at radius 1 is 0.770 bits per heavy atom. The van der Waals surface area contributed by atoms with E-state index in [0.29, 0.717) is 29.7 Å². The van der Waals surface area contributed by atoms with Gasteiger partial charge in [0.15, 0.2) is 0 Å². The first-order valence-electron chi connectivity index (χ1n) is 23.0. The maximum atomic E-state index is 9.03. The van der Waals surface area contributed by atoms with Crippen LogP contribution in [0.1, 0.15) is 136 Å². The molecule has 4 aromatic carbocycles. The predicted molar refractivity (Wildman–Crippen MR) is 273 cm³/mol. The van der Waals surface area contributed by atoms with Crippen molar-refractivity contribution in [1.29, 1.82) is 5.41 Å². The maximum absolute atomic E-state index is 9.03. The lowest BCUT2D eigenvalue weighted by atomic mass is 9.34. The Bertz CT molecular complexity index is 2130. The summed E-state index contributed by atoms with van der Waals surface area (Å²) in [6, 6.07) is 26.0. The van der Waals surface area contributed by atoms with E-state index in [4.69, 9.17) is 11.1 Å². The van der Waals surface area contributed by atoms with Gasteiger partial charge in [-0.3, -0.25) is 0 Å². The molecule has 2 nitrogen and oxygen atoms in total. The third-order valence-corrected chi connectivity index (χ3v) is 13.2. The third kappa shape index (κ3) is 12.2. The lowest BCUT2D eigenvalue weighted by molar-refractivity contribution is 0.108. The normalized spacial score (nSPS) is 19.0. The van der Waals surface area contributed by atoms with Crippen LogP contribution in [0, 0.1) is 64.2 Å². The fourth-order valence-electron chi connectivity index (χ4n) is 11.0. The van der Waals surface area contributed by atoms with Crippen LogP contribution >= 0.6 is 0 Å². The van der Waals surface area contributed by atoms with Gasteiger partial charge in [0, 0.05) is 17.8 Å². The molecule has 0 heterocycles. The van der Waals surface area contributed by atoms with Crippen LogP contribution in [0.3, 0.4) is 0 Å². The monoisotopic (exact) mass is 813 g/mol. The van der Waals surface area contributed by atoms with Gasteiger partial charge in [-0.05, 0) is 143 Å². The Kier molecular flexibility index (Phi) is 17.4. The van der Waals surface area contributed by atoms with Gasteiger partial charge < -0.3 is 11.1 Å². The zero-order valence-electron chi connectivity index (χ0n) is 40.1. The summed E-state index contributed by atoms with van der Waals surface area (Å²) >= 11 is 0. The quantitative estimate of drug-likeness (QED) is 0.0661. The van der Waals surface area contributed by atoms with Crippen LogP contribution in [-0.4, -0.2) is 12.4 Å². The molecule has 1 aliphatic rings. The lowest BCUT2D eigenvalue weighted by Crippen LogP contribution is -2.56. The molecule has 3 heteroatoms. The van der Waals surface area contributed by atoms with Crippen LogP contribution in [0.2, 0.25) is 0 Å². The summed E-state index contributed by atoms with van der Waals surface area (Å²) in [6.45, 7) is 35.2. The second-order valence-electron chi connectivity index (χ2n) is 18.8. The average Bonchev–Trinajstić information content (AvgIpc) is 3.20. The van der Waals surface area contributed by atoms with E-state index in [-0.39, 0.29) is 17.5 Å². The lowest BCUT2D eigenvalue weighted by Gasteiger charge is -2.48. The molecule has 3 atom stereocenters. The molecule has 1 saturated carbocycles. The van der Waals surface area contributed by atoms with Gasteiger partial charge in [0.2, 0.25) is 6.71 Å². The van der Waals surface area contributed by atoms with Crippen LogP contribution in [0.15, 0.2) is 122 Å². The van der Waals surface area contributed by atoms with Gasteiger partial charge in [0.25, 0.3) is 0 Å². The molecular weight excluding hydrogens is 735 g/mol. The van der Waals surface area contributed by atoms with Crippen molar-refractivity contribution in [2.75, 3.05) is 0 Å². The van der Waals surface area contributed by atoms with E-state index < -0.39 is 0 Å². The molecule has 1 aliphatic carbocycles. The fraction of sp³-hybridized carbons (Fsp3) is 0.397. The molecule has 5 rings (SSSR count). The first kappa shape index (κ1) is 48.8. The number of allylic oxidation sites excluding steroid dienone is 7. The van der Waals surface area contributed by atoms with Crippen molar-refractivity contribution in [3.8, 4) is 0 Å². The Morgan fingerprint density at radius 3 is 1.77 bits per heavy atom. The number of hydrogen-bond acceptors (Lipinski definition) is 2. The van der Waals surface area contributed by atoms with Crippen molar-refractivity contribution in [2.45, 2.75) is 133 Å². The Hall–Kier alpha value is -4.89. The highest BCUT2D eigenvalue weighted by molar-refractivity contribution is 6.96. The van der Waals surface area contributed by atoms with Crippen molar-refractivity contribution >= 4 is 34.5 Å². The summed E-state index contributed by atoms with van der Waals surface area (Å²) in [7, 11) is 0. The smallest absolute Gasteiger partial charge is 0.242 e. The molecular formula is C58H77BN2. The van der Waals surface area contributed by atoms with Gasteiger partial charge >= 0.3 is 0 Å². The van der Waals surface area contributed by atoms with Crippen LogP contribution in [-0.2, 0) is 11.8 Å². The summed E-state index contributed by atoms with van der Waals surface area (Å²) in [5.41, 5.74) is 25.0. The molecule has 0 spiro atoms. The minimum Gasteiger partial charge on any atom is -0.398 e. The van der Waals surface area contributed by atoms with Gasteiger partial charge in [0.1, 0.15) is 0 Å². The van der Waals surface area contributed by atoms with Crippen molar-refractivity contribution in [3.63, 3.8) is 0 Å². The van der Waals surface area contributed by atoms with Gasteiger partial charge in [-0.1, -0.05) is 196 Å². The number of benzene rings is 4. The number of rotatable bonds is 16. The van der Waals surface area contributed by atoms with E-state index >= 15 is 0 Å². The largest absolute Gasteiger partial charge is 0.398 e. The van der Waals surface area contributed by atoms with Gasteiger partial charge in [-0.25, -0.2) is 0 Å². The standard InChI is InChI=1S/C56H71BN2.C2H6/c1-13-16-18-20-51(58)47-31-46(32-48(33-47)52(59)21-19-17-14-2)36-55(12,15-3)37-56(34-40(6)26-41(7)35-56)49-22-24-50(25-23-49)57(53-42(8)27-38(4)28-43(53)9)54-44(10)29-39(5)30-45(54)11;1-2/h13-14,16-20,22-25,27-33,40-41,59H,1-2,15,21,26,34-37,58H2,3-12H3;1-2H3/b18-16-,19-17-,51-20-,59-52?;. The van der Waals surface area contributed by atoms with Crippen LogP contribution in [0.5, 0.6) is 0 Å². The number of nitrogens with two attached hydrogens (primary N) is 1. The second-order valence-corrected chi connectivity index (χ2v) is 18.8. The average molecular weight is 813 g/mol. The molecule has 0 aliphatic heterocycles. The summed E-state index contributed by atoms with van der Waals surface area (Å²) in [6.07, 6.45) is 20.5. The number of hydrogen-bond donors (Lipinski definition) is 2. The molecule has 0 aromatic heterocycles. The van der Waals surface area contributed by atoms with E-state index in [1.165, 1.54) is 80.2 Å². The zero-order valence-corrected chi connectivity index (χ0v) is 40.1. The van der Waals surface area contributed by atoms with Crippen molar-refractivity contribution < 1.29 is 0 Å². The highest BCUT2D eigenvalue weighted by Crippen LogP contribution is 2.52. The van der Waals surface area contributed by atoms with E-state index in [1.54, 1.807) is 12.2 Å². The second kappa shape index (κ2) is 21.8. The van der Waals surface area contributed by atoms with Crippen LogP contribution in [0.25, 0.3) is 5.70 Å². The van der Waals surface area contributed by atoms with Crippen LogP contribution < -0.4 is 22.1 Å². The molecule has 1 fully saturated rings. The minimum atomic E-state index is 0.0201. The molecule has 4 aromatic rings. The number of nitrogens with one attached hydrogen (secondary N) is 1. The van der Waals surface area contributed by atoms with Crippen molar-refractivity contribution in [1.82, 2.24) is 0 Å². The molecule has 3 unspecified atom stereocenters. The molecule has 0 radical (unpaired) electrons. The van der Waals surface area contributed by atoms with E-state index in [2.05, 4.69) is 149 Å². The molecule has 3 N–H and O–H groups in total.